The SMILES string of the molecule is CCOC(=O)c1ccc(NC(=O)COc2ccccc2[C@H]2c3sc(=O)[nH]c3SC3C(=O)N(c4ccc(Br)cc4)C(=O)C32)cc1. The number of amides is 3. The van der Waals surface area contributed by atoms with E-state index in [9.17, 15) is 24.0 Å². The Morgan fingerprint density at radius 1 is 0.977 bits per heavy atom. The van der Waals surface area contributed by atoms with Gasteiger partial charge in [-0.3, -0.25) is 19.2 Å². The first-order valence-electron chi connectivity index (χ1n) is 13.6. The first-order valence-corrected chi connectivity index (χ1v) is 16.1. The zero-order chi connectivity index (χ0) is 31.0. The van der Waals surface area contributed by atoms with Crippen LogP contribution in [0.5, 0.6) is 5.75 Å². The number of imide groups is 1. The molecule has 13 heteroatoms. The predicted molar refractivity (Wildman–Crippen MR) is 170 cm³/mol. The van der Waals surface area contributed by atoms with Crippen LogP contribution in [0.2, 0.25) is 0 Å². The molecule has 4 aromatic rings. The molecule has 224 valence electrons. The van der Waals surface area contributed by atoms with Crippen LogP contribution in [0.3, 0.4) is 0 Å². The maximum atomic E-state index is 14.0. The molecule has 3 amide bonds. The molecule has 0 saturated carbocycles. The second-order valence-electron chi connectivity index (χ2n) is 9.91. The van der Waals surface area contributed by atoms with Crippen molar-refractivity contribution in [3.8, 4) is 5.75 Å². The summed E-state index contributed by atoms with van der Waals surface area (Å²) in [4.78, 5) is 69.2. The van der Waals surface area contributed by atoms with E-state index in [1.165, 1.54) is 16.7 Å². The average molecular weight is 695 g/mol. The Morgan fingerprint density at radius 3 is 2.43 bits per heavy atom. The Hall–Kier alpha value is -4.20. The molecule has 1 saturated heterocycles. The number of hydrogen-bond acceptors (Lipinski definition) is 9. The lowest BCUT2D eigenvalue weighted by atomic mass is 9.82. The van der Waals surface area contributed by atoms with Crippen molar-refractivity contribution in [2.45, 2.75) is 23.1 Å². The Bertz CT molecular complexity index is 1820. The quantitative estimate of drug-likeness (QED) is 0.190. The lowest BCUT2D eigenvalue weighted by molar-refractivity contribution is -0.122. The summed E-state index contributed by atoms with van der Waals surface area (Å²) in [5.41, 5.74) is 1.89. The summed E-state index contributed by atoms with van der Waals surface area (Å²) >= 11 is 5.57. The van der Waals surface area contributed by atoms with Crippen LogP contribution >= 0.6 is 39.0 Å². The number of halogens is 1. The largest absolute Gasteiger partial charge is 0.483 e. The van der Waals surface area contributed by atoms with Gasteiger partial charge >= 0.3 is 10.8 Å². The number of aromatic amines is 1. The maximum absolute atomic E-state index is 14.0. The summed E-state index contributed by atoms with van der Waals surface area (Å²) in [6.45, 7) is 1.63. The molecule has 0 bridgehead atoms. The van der Waals surface area contributed by atoms with E-state index in [-0.39, 0.29) is 29.9 Å². The normalized spacial score (nSPS) is 18.9. The highest BCUT2D eigenvalue weighted by atomic mass is 79.9. The average Bonchev–Trinajstić information content (AvgIpc) is 3.51. The number of hydrogen-bond donors (Lipinski definition) is 2. The van der Waals surface area contributed by atoms with Gasteiger partial charge in [0.05, 0.1) is 28.8 Å². The van der Waals surface area contributed by atoms with Crippen molar-refractivity contribution in [2.24, 2.45) is 5.92 Å². The first kappa shape index (κ1) is 29.9. The van der Waals surface area contributed by atoms with Gasteiger partial charge in [0.15, 0.2) is 6.61 Å². The number of nitrogens with zero attached hydrogens (tertiary/aromatic N) is 1. The van der Waals surface area contributed by atoms with Crippen LogP contribution in [0.4, 0.5) is 11.4 Å². The first-order chi connectivity index (χ1) is 21.2. The molecule has 1 aromatic heterocycles. The number of nitrogens with one attached hydrogen (secondary N) is 2. The van der Waals surface area contributed by atoms with Gasteiger partial charge in [-0.05, 0) is 61.5 Å². The lowest BCUT2D eigenvalue weighted by Crippen LogP contribution is -2.32. The number of ether oxygens (including phenoxy) is 2. The minimum absolute atomic E-state index is 0.259. The van der Waals surface area contributed by atoms with E-state index in [2.05, 4.69) is 26.2 Å². The molecule has 6 rings (SSSR count). The van der Waals surface area contributed by atoms with Crippen LogP contribution in [0.1, 0.15) is 33.6 Å². The number of benzene rings is 3. The van der Waals surface area contributed by atoms with Crippen LogP contribution in [0, 0.1) is 5.92 Å². The fourth-order valence-electron chi connectivity index (χ4n) is 5.31. The number of rotatable bonds is 8. The van der Waals surface area contributed by atoms with Crippen molar-refractivity contribution in [3.63, 3.8) is 0 Å². The number of aromatic nitrogens is 1. The van der Waals surface area contributed by atoms with Gasteiger partial charge in [-0.25, -0.2) is 9.69 Å². The van der Waals surface area contributed by atoms with Gasteiger partial charge in [-0.1, -0.05) is 57.2 Å². The monoisotopic (exact) mass is 693 g/mol. The zero-order valence-corrected chi connectivity index (χ0v) is 26.3. The summed E-state index contributed by atoms with van der Waals surface area (Å²) in [7, 11) is 0. The third-order valence-electron chi connectivity index (χ3n) is 7.20. The van der Waals surface area contributed by atoms with Crippen LogP contribution in [-0.4, -0.2) is 47.1 Å². The van der Waals surface area contributed by atoms with Gasteiger partial charge in [0, 0.05) is 26.5 Å². The molecule has 0 radical (unpaired) electrons. The lowest BCUT2D eigenvalue weighted by Gasteiger charge is -2.30. The third kappa shape index (κ3) is 5.70. The minimum atomic E-state index is -0.799. The number of H-pyrrole nitrogens is 1. The van der Waals surface area contributed by atoms with E-state index >= 15 is 0 Å². The molecule has 0 aliphatic carbocycles. The van der Waals surface area contributed by atoms with Crippen molar-refractivity contribution >= 4 is 74.1 Å². The van der Waals surface area contributed by atoms with Gasteiger partial charge in [-0.15, -0.1) is 0 Å². The van der Waals surface area contributed by atoms with Crippen molar-refractivity contribution in [1.82, 2.24) is 4.98 Å². The standard InChI is InChI=1S/C31H24BrN3O7S2/c1-2-41-30(39)16-7-11-18(12-8-16)33-22(36)15-42-21-6-4-3-5-20(21)23-24-26(43-27-25(23)44-31(40)34-27)29(38)35(28(24)37)19-13-9-17(32)10-14-19/h3-14,23-24,26H,2,15H2,1H3,(H,33,36)(H,34,40)/t23-,24?,26?/m1/s1. The predicted octanol–water partition coefficient (Wildman–Crippen LogP) is 5.19. The number of carbonyl (C=O) groups excluding carboxylic acids is 4. The minimum Gasteiger partial charge on any atom is -0.483 e. The van der Waals surface area contributed by atoms with E-state index in [1.807, 2.05) is 0 Å². The number of fused-ring (bicyclic) bond motifs is 2. The van der Waals surface area contributed by atoms with Crippen molar-refractivity contribution < 1.29 is 28.7 Å². The molecule has 2 N–H and O–H groups in total. The van der Waals surface area contributed by atoms with E-state index in [4.69, 9.17) is 9.47 Å². The van der Waals surface area contributed by atoms with Gasteiger partial charge in [0.2, 0.25) is 11.8 Å². The Morgan fingerprint density at radius 2 is 1.70 bits per heavy atom. The smallest absolute Gasteiger partial charge is 0.338 e. The van der Waals surface area contributed by atoms with Gasteiger partial charge < -0.3 is 19.8 Å². The van der Waals surface area contributed by atoms with Crippen LogP contribution in [0.15, 0.2) is 87.1 Å². The number of para-hydroxylation sites is 1. The summed E-state index contributed by atoms with van der Waals surface area (Å²) in [6, 6.07) is 20.2. The van der Waals surface area contributed by atoms with Gasteiger partial charge in [-0.2, -0.15) is 0 Å². The highest BCUT2D eigenvalue weighted by molar-refractivity contribution is 9.10. The second-order valence-corrected chi connectivity index (χ2v) is 13.0. The van der Waals surface area contributed by atoms with Crippen molar-refractivity contribution in [1.29, 1.82) is 0 Å². The number of esters is 1. The Labute approximate surface area is 267 Å². The molecule has 2 unspecified atom stereocenters. The third-order valence-corrected chi connectivity index (χ3v) is 10.1. The van der Waals surface area contributed by atoms with E-state index in [0.717, 1.165) is 15.8 Å². The zero-order valence-electron chi connectivity index (χ0n) is 23.1. The molecule has 44 heavy (non-hydrogen) atoms. The summed E-state index contributed by atoms with van der Waals surface area (Å²) in [5, 5.41) is 2.52. The second kappa shape index (κ2) is 12.4. The van der Waals surface area contributed by atoms with Crippen molar-refractivity contribution in [3.05, 3.63) is 103 Å². The Kier molecular flexibility index (Phi) is 8.43. The Balaban J connectivity index is 1.26. The number of thiazole rings is 1. The molecule has 10 nitrogen and oxygen atoms in total. The highest BCUT2D eigenvalue weighted by Crippen LogP contribution is 2.54. The maximum Gasteiger partial charge on any atom is 0.338 e. The number of anilines is 2. The molecule has 2 aliphatic rings. The summed E-state index contributed by atoms with van der Waals surface area (Å²) < 4.78 is 11.8. The number of thioether (sulfide) groups is 1. The molecule has 1 fully saturated rings. The van der Waals surface area contributed by atoms with Crippen LogP contribution < -0.4 is 19.8 Å². The van der Waals surface area contributed by atoms with Crippen molar-refractivity contribution in [2.75, 3.05) is 23.4 Å². The molecular weight excluding hydrogens is 670 g/mol. The highest BCUT2D eigenvalue weighted by Gasteiger charge is 2.56. The summed E-state index contributed by atoms with van der Waals surface area (Å²) in [5.74, 6) is -2.73. The fourth-order valence-corrected chi connectivity index (χ4v) is 8.08. The van der Waals surface area contributed by atoms with Gasteiger partial charge in [0.1, 0.15) is 11.0 Å². The van der Waals surface area contributed by atoms with Gasteiger partial charge in [0.25, 0.3) is 5.91 Å². The van der Waals surface area contributed by atoms with E-state index in [0.29, 0.717) is 38.2 Å². The van der Waals surface area contributed by atoms with Crippen LogP contribution in [-0.2, 0) is 19.1 Å². The molecule has 2 aliphatic heterocycles. The molecular formula is C31H24BrN3O7S2. The molecule has 3 atom stereocenters. The summed E-state index contributed by atoms with van der Waals surface area (Å²) in [6.07, 6.45) is 0. The number of carbonyl (C=O) groups is 4. The molecule has 0 spiro atoms. The van der Waals surface area contributed by atoms with Crippen LogP contribution in [0.25, 0.3) is 0 Å². The molecule has 3 aromatic carbocycles. The topological polar surface area (TPSA) is 135 Å². The van der Waals surface area contributed by atoms with E-state index < -0.39 is 29.0 Å². The molecule has 3 heterocycles. The van der Waals surface area contributed by atoms with E-state index in [1.54, 1.807) is 79.7 Å². The fraction of sp³-hybridized carbons (Fsp3) is 0.194.